The summed E-state index contributed by atoms with van der Waals surface area (Å²) in [6.45, 7) is 0. The summed E-state index contributed by atoms with van der Waals surface area (Å²) in [5.41, 5.74) is 0.544. The van der Waals surface area contributed by atoms with Gasteiger partial charge in [-0.05, 0) is 24.1 Å². The van der Waals surface area contributed by atoms with Crippen molar-refractivity contribution in [2.24, 2.45) is 0 Å². The minimum atomic E-state index is -0.657. The third-order valence-electron chi connectivity index (χ3n) is 2.79. The van der Waals surface area contributed by atoms with Crippen LogP contribution in [-0.4, -0.2) is 22.0 Å². The molecule has 0 N–H and O–H groups in total. The summed E-state index contributed by atoms with van der Waals surface area (Å²) >= 11 is 0. The van der Waals surface area contributed by atoms with Crippen molar-refractivity contribution in [3.8, 4) is 23.6 Å². The minimum absolute atomic E-state index is 0.166. The fourth-order valence-corrected chi connectivity index (χ4v) is 1.76. The Hall–Kier alpha value is -3.21. The number of hydrogen-bond donors (Lipinski definition) is 0. The van der Waals surface area contributed by atoms with E-state index in [1.807, 2.05) is 0 Å². The maximum Gasteiger partial charge on any atom is 0.392 e. The molecule has 0 unspecified atom stereocenters. The van der Waals surface area contributed by atoms with Gasteiger partial charge in [-0.15, -0.1) is 0 Å². The Kier molecular flexibility index (Phi) is 4.82. The average molecular weight is 300 g/mol. The van der Waals surface area contributed by atoms with E-state index < -0.39 is 10.6 Å². The molecule has 1 aromatic carbocycles. The summed E-state index contributed by atoms with van der Waals surface area (Å²) < 4.78 is 10.3. The van der Waals surface area contributed by atoms with Gasteiger partial charge in [-0.1, -0.05) is 12.1 Å². The van der Waals surface area contributed by atoms with E-state index in [0.29, 0.717) is 18.6 Å². The number of benzene rings is 1. The van der Waals surface area contributed by atoms with Crippen LogP contribution in [0, 0.1) is 21.4 Å². The van der Waals surface area contributed by atoms with E-state index in [1.165, 1.54) is 7.11 Å². The lowest BCUT2D eigenvalue weighted by Crippen LogP contribution is -2.01. The quantitative estimate of drug-likeness (QED) is 0.595. The highest BCUT2D eigenvalue weighted by Crippen LogP contribution is 2.35. The molecule has 8 nitrogen and oxygen atoms in total. The van der Waals surface area contributed by atoms with Crippen LogP contribution >= 0.6 is 0 Å². The summed E-state index contributed by atoms with van der Waals surface area (Å²) in [5.74, 6) is 0.0341. The van der Waals surface area contributed by atoms with Gasteiger partial charge in [-0.2, -0.15) is 15.2 Å². The summed E-state index contributed by atoms with van der Waals surface area (Å²) in [5, 5.41) is 19.6. The van der Waals surface area contributed by atoms with Crippen LogP contribution in [0.5, 0.6) is 17.5 Å². The van der Waals surface area contributed by atoms with Gasteiger partial charge >= 0.3 is 17.4 Å². The summed E-state index contributed by atoms with van der Waals surface area (Å²) in [6.07, 6.45) is 2.19. The fourth-order valence-electron chi connectivity index (χ4n) is 1.76. The Morgan fingerprint density at radius 3 is 2.55 bits per heavy atom. The summed E-state index contributed by atoms with van der Waals surface area (Å²) in [7, 11) is 1.28. The lowest BCUT2D eigenvalue weighted by molar-refractivity contribution is -0.387. The van der Waals surface area contributed by atoms with Gasteiger partial charge in [0.05, 0.1) is 18.1 Å². The first-order chi connectivity index (χ1) is 10.7. The molecule has 0 aliphatic rings. The molecular weight excluding hydrogens is 288 g/mol. The predicted octanol–water partition coefficient (Wildman–Crippen LogP) is 2.64. The Morgan fingerprint density at radius 1 is 1.27 bits per heavy atom. The predicted molar refractivity (Wildman–Crippen MR) is 75.7 cm³/mol. The van der Waals surface area contributed by atoms with Crippen LogP contribution in [0.4, 0.5) is 5.69 Å². The Labute approximate surface area is 126 Å². The van der Waals surface area contributed by atoms with Crippen molar-refractivity contribution in [2.75, 3.05) is 7.11 Å². The molecule has 0 bridgehead atoms. The van der Waals surface area contributed by atoms with Crippen LogP contribution in [0.3, 0.4) is 0 Å². The third kappa shape index (κ3) is 3.46. The number of aromatic nitrogens is 2. The number of nitriles is 1. The molecule has 0 fully saturated rings. The monoisotopic (exact) mass is 300 g/mol. The van der Waals surface area contributed by atoms with Crippen molar-refractivity contribution in [1.82, 2.24) is 9.97 Å². The molecule has 0 spiro atoms. The van der Waals surface area contributed by atoms with Gasteiger partial charge in [0, 0.05) is 6.42 Å². The molecule has 2 rings (SSSR count). The van der Waals surface area contributed by atoms with Crippen LogP contribution < -0.4 is 9.47 Å². The smallest absolute Gasteiger partial charge is 0.392 e. The summed E-state index contributed by atoms with van der Waals surface area (Å²) in [4.78, 5) is 17.9. The molecule has 0 radical (unpaired) electrons. The molecular formula is C14H12N4O4. The number of aryl methyl sites for hydroxylation is 1. The van der Waals surface area contributed by atoms with Crippen molar-refractivity contribution in [3.05, 3.63) is 46.3 Å². The largest absolute Gasteiger partial charge is 0.476 e. The van der Waals surface area contributed by atoms with Crippen molar-refractivity contribution in [1.29, 1.82) is 5.26 Å². The van der Waals surface area contributed by atoms with Gasteiger partial charge in [0.1, 0.15) is 12.1 Å². The molecule has 0 aliphatic heterocycles. The maximum absolute atomic E-state index is 11.1. The lowest BCUT2D eigenvalue weighted by atomic mass is 10.1. The SMILES string of the molecule is COc1ncnc(Oc2ccc(CCC#N)cc2)c1[N+](=O)[O-]. The highest BCUT2D eigenvalue weighted by molar-refractivity contribution is 5.50. The molecule has 0 amide bonds. The average Bonchev–Trinajstić information content (AvgIpc) is 2.53. The van der Waals surface area contributed by atoms with E-state index in [2.05, 4.69) is 16.0 Å². The van der Waals surface area contributed by atoms with E-state index in [4.69, 9.17) is 14.7 Å². The summed E-state index contributed by atoms with van der Waals surface area (Å²) in [6, 6.07) is 8.96. The van der Waals surface area contributed by atoms with Crippen LogP contribution in [0.2, 0.25) is 0 Å². The number of nitro groups is 1. The molecule has 0 atom stereocenters. The van der Waals surface area contributed by atoms with Gasteiger partial charge in [-0.3, -0.25) is 10.1 Å². The highest BCUT2D eigenvalue weighted by atomic mass is 16.6. The molecule has 22 heavy (non-hydrogen) atoms. The maximum atomic E-state index is 11.1. The molecule has 112 valence electrons. The number of rotatable bonds is 6. The van der Waals surface area contributed by atoms with E-state index in [1.54, 1.807) is 24.3 Å². The van der Waals surface area contributed by atoms with Crippen molar-refractivity contribution in [3.63, 3.8) is 0 Å². The second-order valence-corrected chi connectivity index (χ2v) is 4.20. The first-order valence-electron chi connectivity index (χ1n) is 6.33. The normalized spacial score (nSPS) is 9.82. The van der Waals surface area contributed by atoms with Crippen LogP contribution in [0.1, 0.15) is 12.0 Å². The minimum Gasteiger partial charge on any atom is -0.476 e. The highest BCUT2D eigenvalue weighted by Gasteiger charge is 2.25. The standard InChI is InChI=1S/C14H12N4O4/c1-21-13-12(18(19)20)14(17-9-16-13)22-11-6-4-10(5-7-11)3-2-8-15/h4-7,9H,2-3H2,1H3. The van der Waals surface area contributed by atoms with Gasteiger partial charge in [0.25, 0.3) is 0 Å². The molecule has 0 aliphatic carbocycles. The van der Waals surface area contributed by atoms with E-state index in [9.17, 15) is 10.1 Å². The van der Waals surface area contributed by atoms with E-state index in [0.717, 1.165) is 11.9 Å². The van der Waals surface area contributed by atoms with Crippen LogP contribution in [0.15, 0.2) is 30.6 Å². The Balaban J connectivity index is 2.24. The molecule has 0 saturated heterocycles. The van der Waals surface area contributed by atoms with Gasteiger partial charge < -0.3 is 9.47 Å². The zero-order valence-electron chi connectivity index (χ0n) is 11.7. The first-order valence-corrected chi connectivity index (χ1v) is 6.33. The first kappa shape index (κ1) is 15.2. The van der Waals surface area contributed by atoms with Crippen LogP contribution in [0.25, 0.3) is 0 Å². The fraction of sp³-hybridized carbons (Fsp3) is 0.214. The van der Waals surface area contributed by atoms with Gasteiger partial charge in [0.15, 0.2) is 0 Å². The third-order valence-corrected chi connectivity index (χ3v) is 2.79. The van der Waals surface area contributed by atoms with Gasteiger partial charge in [0.2, 0.25) is 0 Å². The number of ether oxygens (including phenoxy) is 2. The molecule has 1 heterocycles. The Morgan fingerprint density at radius 2 is 1.95 bits per heavy atom. The lowest BCUT2D eigenvalue weighted by Gasteiger charge is -2.07. The van der Waals surface area contributed by atoms with Crippen molar-refractivity contribution < 1.29 is 14.4 Å². The van der Waals surface area contributed by atoms with E-state index in [-0.39, 0.29) is 11.8 Å². The molecule has 8 heteroatoms. The number of nitrogens with zero attached hydrogens (tertiary/aromatic N) is 4. The van der Waals surface area contributed by atoms with E-state index >= 15 is 0 Å². The zero-order valence-corrected chi connectivity index (χ0v) is 11.7. The molecule has 0 saturated carbocycles. The Bertz CT molecular complexity index is 710. The molecule has 2 aromatic rings. The zero-order chi connectivity index (χ0) is 15.9. The van der Waals surface area contributed by atoms with Crippen molar-refractivity contribution in [2.45, 2.75) is 12.8 Å². The van der Waals surface area contributed by atoms with Crippen LogP contribution in [-0.2, 0) is 6.42 Å². The van der Waals surface area contributed by atoms with Crippen molar-refractivity contribution >= 4 is 5.69 Å². The second-order valence-electron chi connectivity index (χ2n) is 4.20. The second kappa shape index (κ2) is 6.99. The topological polar surface area (TPSA) is 111 Å². The van der Waals surface area contributed by atoms with Gasteiger partial charge in [-0.25, -0.2) is 0 Å². The molecule has 1 aromatic heterocycles. The number of hydrogen-bond acceptors (Lipinski definition) is 7. The number of methoxy groups -OCH3 is 1.